The lowest BCUT2D eigenvalue weighted by molar-refractivity contribution is 0.0204. The molecule has 14 heavy (non-hydrogen) atoms. The molecular formula is C10H13FN2O. The molecule has 0 radical (unpaired) electrons. The minimum absolute atomic E-state index is 0.329. The quantitative estimate of drug-likeness (QED) is 0.727. The molecule has 0 atom stereocenters. The van der Waals surface area contributed by atoms with Crippen LogP contribution in [0.25, 0.3) is 0 Å². The highest BCUT2D eigenvalue weighted by Gasteiger charge is 2.45. The van der Waals surface area contributed by atoms with Crippen molar-refractivity contribution in [2.75, 3.05) is 6.54 Å². The molecule has 1 aliphatic carbocycles. The maximum atomic E-state index is 13.4. The van der Waals surface area contributed by atoms with E-state index in [0.717, 1.165) is 0 Å². The second kappa shape index (κ2) is 3.29. The van der Waals surface area contributed by atoms with Crippen LogP contribution in [0, 0.1) is 5.82 Å². The van der Waals surface area contributed by atoms with E-state index in [1.54, 1.807) is 12.3 Å². The van der Waals surface area contributed by atoms with E-state index in [1.807, 2.05) is 0 Å². The van der Waals surface area contributed by atoms with E-state index in [1.165, 1.54) is 6.20 Å². The van der Waals surface area contributed by atoms with Crippen molar-refractivity contribution in [1.29, 1.82) is 0 Å². The van der Waals surface area contributed by atoms with Gasteiger partial charge in [0.2, 0.25) is 0 Å². The Morgan fingerprint density at radius 2 is 2.36 bits per heavy atom. The minimum atomic E-state index is -0.369. The van der Waals surface area contributed by atoms with Crippen LogP contribution < -0.4 is 5.73 Å². The van der Waals surface area contributed by atoms with E-state index in [2.05, 4.69) is 4.98 Å². The van der Waals surface area contributed by atoms with Gasteiger partial charge in [-0.15, -0.1) is 0 Å². The predicted octanol–water partition coefficient (Wildman–Crippen LogP) is 0.572. The van der Waals surface area contributed by atoms with Gasteiger partial charge in [-0.3, -0.25) is 4.98 Å². The Morgan fingerprint density at radius 1 is 1.64 bits per heavy atom. The number of aromatic nitrogens is 1. The molecular weight excluding hydrogens is 183 g/mol. The molecule has 1 fully saturated rings. The zero-order chi connectivity index (χ0) is 10.2. The summed E-state index contributed by atoms with van der Waals surface area (Å²) in [5, 5.41) is 9.27. The van der Waals surface area contributed by atoms with Crippen LogP contribution in [0.15, 0.2) is 18.5 Å². The second-order valence-corrected chi connectivity index (χ2v) is 3.90. The van der Waals surface area contributed by atoms with Crippen LogP contribution in [0.2, 0.25) is 0 Å². The topological polar surface area (TPSA) is 59.1 Å². The summed E-state index contributed by atoms with van der Waals surface area (Å²) in [5.74, 6) is -0.329. The third-order valence-corrected chi connectivity index (χ3v) is 2.99. The zero-order valence-electron chi connectivity index (χ0n) is 7.78. The number of rotatable bonds is 2. The van der Waals surface area contributed by atoms with Gasteiger partial charge in [-0.1, -0.05) is 0 Å². The molecule has 0 spiro atoms. The number of nitrogens with two attached hydrogens (primary N) is 1. The van der Waals surface area contributed by atoms with Crippen LogP contribution in [0.4, 0.5) is 4.39 Å². The second-order valence-electron chi connectivity index (χ2n) is 3.90. The summed E-state index contributed by atoms with van der Waals surface area (Å²) in [5.41, 5.74) is 5.85. The summed E-state index contributed by atoms with van der Waals surface area (Å²) >= 11 is 0. The molecule has 3 nitrogen and oxygen atoms in total. The van der Waals surface area contributed by atoms with E-state index < -0.39 is 0 Å². The van der Waals surface area contributed by atoms with Crippen molar-refractivity contribution in [2.24, 2.45) is 5.73 Å². The highest BCUT2D eigenvalue weighted by molar-refractivity contribution is 5.29. The number of nitrogens with zero attached hydrogens (tertiary/aromatic N) is 1. The molecule has 4 heteroatoms. The molecule has 1 aromatic heterocycles. The van der Waals surface area contributed by atoms with Gasteiger partial charge >= 0.3 is 0 Å². The Bertz CT molecular complexity index is 337. The van der Waals surface area contributed by atoms with Gasteiger partial charge in [-0.25, -0.2) is 4.39 Å². The summed E-state index contributed by atoms with van der Waals surface area (Å²) in [6.45, 7) is 0.366. The molecule has 0 aliphatic heterocycles. The maximum Gasteiger partial charge on any atom is 0.145 e. The average molecular weight is 196 g/mol. The van der Waals surface area contributed by atoms with Crippen LogP contribution >= 0.6 is 0 Å². The molecule has 1 heterocycles. The summed E-state index contributed by atoms with van der Waals surface area (Å²) in [4.78, 5) is 3.69. The number of hydrogen-bond acceptors (Lipinski definition) is 3. The van der Waals surface area contributed by atoms with Crippen molar-refractivity contribution in [3.8, 4) is 0 Å². The van der Waals surface area contributed by atoms with Gasteiger partial charge in [0, 0.05) is 18.2 Å². The number of aliphatic hydroxyl groups is 1. The van der Waals surface area contributed by atoms with Gasteiger partial charge in [-0.05, 0) is 24.5 Å². The van der Waals surface area contributed by atoms with E-state index in [9.17, 15) is 9.50 Å². The number of aliphatic hydroxyl groups excluding tert-OH is 1. The molecule has 1 aromatic rings. The third-order valence-electron chi connectivity index (χ3n) is 2.99. The lowest BCUT2D eigenvalue weighted by Gasteiger charge is -2.45. The summed E-state index contributed by atoms with van der Waals surface area (Å²) in [6.07, 6.45) is 3.50. The molecule has 3 N–H and O–H groups in total. The first-order valence-electron chi connectivity index (χ1n) is 4.66. The summed E-state index contributed by atoms with van der Waals surface area (Å²) in [7, 11) is 0. The van der Waals surface area contributed by atoms with Crippen LogP contribution in [0.5, 0.6) is 0 Å². The van der Waals surface area contributed by atoms with E-state index >= 15 is 0 Å². The molecule has 0 aromatic carbocycles. The summed E-state index contributed by atoms with van der Waals surface area (Å²) in [6, 6.07) is 1.65. The van der Waals surface area contributed by atoms with E-state index in [0.29, 0.717) is 24.9 Å². The molecule has 0 amide bonds. The zero-order valence-corrected chi connectivity index (χ0v) is 7.78. The van der Waals surface area contributed by atoms with Crippen molar-refractivity contribution in [3.63, 3.8) is 0 Å². The third kappa shape index (κ3) is 1.31. The number of halogens is 1. The van der Waals surface area contributed by atoms with Crippen LogP contribution in [0.1, 0.15) is 18.4 Å². The molecule has 1 saturated carbocycles. The smallest absolute Gasteiger partial charge is 0.145 e. The average Bonchev–Trinajstić information content (AvgIpc) is 2.14. The van der Waals surface area contributed by atoms with E-state index in [-0.39, 0.29) is 17.3 Å². The van der Waals surface area contributed by atoms with Gasteiger partial charge in [0.1, 0.15) is 5.82 Å². The normalized spacial score (nSPS) is 31.2. The lowest BCUT2D eigenvalue weighted by Crippen LogP contribution is -2.50. The SMILES string of the molecule is NCC1(c2ccncc2F)CC(O)C1. The Morgan fingerprint density at radius 3 is 2.86 bits per heavy atom. The van der Waals surface area contributed by atoms with Gasteiger partial charge in [0.25, 0.3) is 0 Å². The molecule has 1 aliphatic rings. The van der Waals surface area contributed by atoms with Gasteiger partial charge in [0.15, 0.2) is 0 Å². The Hall–Kier alpha value is -1.00. The minimum Gasteiger partial charge on any atom is -0.393 e. The van der Waals surface area contributed by atoms with Gasteiger partial charge in [-0.2, -0.15) is 0 Å². The van der Waals surface area contributed by atoms with Crippen LogP contribution in [0.3, 0.4) is 0 Å². The first kappa shape index (κ1) is 9.55. The fourth-order valence-electron chi connectivity index (χ4n) is 2.14. The fourth-order valence-corrected chi connectivity index (χ4v) is 2.14. The molecule has 2 rings (SSSR count). The molecule has 76 valence electrons. The maximum absolute atomic E-state index is 13.4. The van der Waals surface area contributed by atoms with Crippen molar-refractivity contribution < 1.29 is 9.50 Å². The number of pyridine rings is 1. The van der Waals surface area contributed by atoms with Crippen molar-refractivity contribution in [3.05, 3.63) is 29.8 Å². The van der Waals surface area contributed by atoms with Gasteiger partial charge < -0.3 is 10.8 Å². The lowest BCUT2D eigenvalue weighted by atomic mass is 9.63. The first-order valence-corrected chi connectivity index (χ1v) is 4.66. The van der Waals surface area contributed by atoms with Crippen molar-refractivity contribution in [1.82, 2.24) is 4.98 Å². The largest absolute Gasteiger partial charge is 0.393 e. The monoisotopic (exact) mass is 196 g/mol. The summed E-state index contributed by atoms with van der Waals surface area (Å²) < 4.78 is 13.4. The van der Waals surface area contributed by atoms with Crippen molar-refractivity contribution >= 4 is 0 Å². The first-order chi connectivity index (χ1) is 6.68. The predicted molar refractivity (Wildman–Crippen MR) is 50.2 cm³/mol. The van der Waals surface area contributed by atoms with Crippen LogP contribution in [-0.4, -0.2) is 22.7 Å². The highest BCUT2D eigenvalue weighted by atomic mass is 19.1. The molecule has 0 bridgehead atoms. The number of hydrogen-bond donors (Lipinski definition) is 2. The van der Waals surface area contributed by atoms with Crippen molar-refractivity contribution in [2.45, 2.75) is 24.4 Å². The molecule has 0 saturated heterocycles. The fraction of sp³-hybridized carbons (Fsp3) is 0.500. The Kier molecular flexibility index (Phi) is 2.25. The standard InChI is InChI=1S/C10H13FN2O/c11-9-5-13-2-1-8(9)10(6-12)3-7(14)4-10/h1-2,5,7,14H,3-4,6,12H2. The molecule has 0 unspecified atom stereocenters. The Labute approximate surface area is 81.8 Å². The van der Waals surface area contributed by atoms with Crippen LogP contribution in [-0.2, 0) is 5.41 Å². The Balaban J connectivity index is 2.34. The van der Waals surface area contributed by atoms with E-state index in [4.69, 9.17) is 5.73 Å². The highest BCUT2D eigenvalue weighted by Crippen LogP contribution is 2.43. The van der Waals surface area contributed by atoms with Gasteiger partial charge in [0.05, 0.1) is 12.3 Å².